The summed E-state index contributed by atoms with van der Waals surface area (Å²) in [4.78, 5) is 23.7. The molecule has 35 heavy (non-hydrogen) atoms. The van der Waals surface area contributed by atoms with Crippen LogP contribution in [0.25, 0.3) is 11.4 Å². The quantitative estimate of drug-likeness (QED) is 0.504. The third-order valence-corrected chi connectivity index (χ3v) is 7.65. The Morgan fingerprint density at radius 1 is 1.14 bits per heavy atom. The topological polar surface area (TPSA) is 82.0 Å². The number of ether oxygens (including phenoxy) is 1. The summed E-state index contributed by atoms with van der Waals surface area (Å²) < 4.78 is 5.25. The first-order chi connectivity index (χ1) is 17.1. The molecule has 1 aliphatic heterocycles. The van der Waals surface area contributed by atoms with E-state index in [2.05, 4.69) is 47.2 Å². The van der Waals surface area contributed by atoms with E-state index in [9.17, 15) is 4.79 Å². The number of aryl methyl sites for hydroxylation is 1. The van der Waals surface area contributed by atoms with Crippen LogP contribution in [0.4, 0.5) is 0 Å². The van der Waals surface area contributed by atoms with Crippen molar-refractivity contribution in [2.45, 2.75) is 57.5 Å². The fourth-order valence-corrected chi connectivity index (χ4v) is 5.36. The number of imidazole rings is 1. The van der Waals surface area contributed by atoms with Gasteiger partial charge in [-0.25, -0.2) is 4.98 Å². The molecule has 0 spiro atoms. The zero-order valence-corrected chi connectivity index (χ0v) is 20.5. The molecule has 2 aliphatic rings. The van der Waals surface area contributed by atoms with E-state index >= 15 is 0 Å². The number of hydrogen-bond donors (Lipinski definition) is 1. The van der Waals surface area contributed by atoms with Gasteiger partial charge in [-0.15, -0.1) is 0 Å². The van der Waals surface area contributed by atoms with Crippen molar-refractivity contribution < 1.29 is 9.53 Å². The fourth-order valence-electron chi connectivity index (χ4n) is 5.36. The SMILES string of the molecule is COCc1cnc(-c2cc(C(=O)N3CCC(c4ccc(C#N)cc4)CC3)c(C)cc2C2CCC2)[nH]1. The van der Waals surface area contributed by atoms with Crippen LogP contribution in [-0.2, 0) is 11.3 Å². The average Bonchev–Trinajstić information content (AvgIpc) is 3.31. The van der Waals surface area contributed by atoms with Crippen LogP contribution in [0.15, 0.2) is 42.6 Å². The van der Waals surface area contributed by atoms with E-state index < -0.39 is 0 Å². The maximum Gasteiger partial charge on any atom is 0.254 e. The predicted octanol–water partition coefficient (Wildman–Crippen LogP) is 5.69. The van der Waals surface area contributed by atoms with Gasteiger partial charge in [0, 0.05) is 31.3 Å². The molecule has 5 rings (SSSR count). The molecular formula is C29H32N4O2. The lowest BCUT2D eigenvalue weighted by Crippen LogP contribution is -2.38. The second kappa shape index (κ2) is 10.1. The average molecular weight is 469 g/mol. The van der Waals surface area contributed by atoms with Crippen molar-refractivity contribution in [3.63, 3.8) is 0 Å². The number of carbonyl (C=O) groups is 1. The Hall–Kier alpha value is -3.43. The van der Waals surface area contributed by atoms with Crippen LogP contribution in [0.5, 0.6) is 0 Å². The molecule has 3 aromatic rings. The van der Waals surface area contributed by atoms with Crippen molar-refractivity contribution in [2.24, 2.45) is 0 Å². The van der Waals surface area contributed by atoms with Gasteiger partial charge in [-0.3, -0.25) is 4.79 Å². The number of rotatable bonds is 6. The van der Waals surface area contributed by atoms with Gasteiger partial charge < -0.3 is 14.6 Å². The zero-order chi connectivity index (χ0) is 24.4. The maximum absolute atomic E-state index is 13.6. The fraction of sp³-hybridized carbons (Fsp3) is 0.414. The number of piperidine rings is 1. The molecule has 1 aromatic heterocycles. The molecular weight excluding hydrogens is 436 g/mol. The Morgan fingerprint density at radius 3 is 2.51 bits per heavy atom. The molecule has 0 radical (unpaired) electrons. The third-order valence-electron chi connectivity index (χ3n) is 7.65. The van der Waals surface area contributed by atoms with Crippen LogP contribution in [0.3, 0.4) is 0 Å². The number of nitrogens with one attached hydrogen (secondary N) is 1. The van der Waals surface area contributed by atoms with Gasteiger partial charge in [0.15, 0.2) is 0 Å². The van der Waals surface area contributed by atoms with Crippen molar-refractivity contribution in [3.8, 4) is 17.5 Å². The highest BCUT2D eigenvalue weighted by Crippen LogP contribution is 2.42. The smallest absolute Gasteiger partial charge is 0.254 e. The summed E-state index contributed by atoms with van der Waals surface area (Å²) in [5.74, 6) is 1.87. The number of nitriles is 1. The Bertz CT molecular complexity index is 1240. The van der Waals surface area contributed by atoms with Crippen LogP contribution in [0.1, 0.15) is 82.2 Å². The predicted molar refractivity (Wildman–Crippen MR) is 135 cm³/mol. The largest absolute Gasteiger partial charge is 0.378 e. The lowest BCUT2D eigenvalue weighted by atomic mass is 9.77. The number of aromatic nitrogens is 2. The molecule has 1 N–H and O–H groups in total. The van der Waals surface area contributed by atoms with Gasteiger partial charge in [-0.05, 0) is 79.3 Å². The van der Waals surface area contributed by atoms with Crippen molar-refractivity contribution in [2.75, 3.05) is 20.2 Å². The second-order valence-corrected chi connectivity index (χ2v) is 9.87. The molecule has 0 unspecified atom stereocenters. The Labute approximate surface area is 206 Å². The van der Waals surface area contributed by atoms with Crippen LogP contribution in [0, 0.1) is 18.3 Å². The summed E-state index contributed by atoms with van der Waals surface area (Å²) in [6.45, 7) is 4.02. The first kappa shape index (κ1) is 23.3. The van der Waals surface area contributed by atoms with E-state index in [4.69, 9.17) is 10.00 Å². The minimum Gasteiger partial charge on any atom is -0.378 e. The zero-order valence-electron chi connectivity index (χ0n) is 20.5. The van der Waals surface area contributed by atoms with Gasteiger partial charge in [0.1, 0.15) is 5.82 Å². The van der Waals surface area contributed by atoms with Gasteiger partial charge in [0.25, 0.3) is 5.91 Å². The molecule has 1 aliphatic carbocycles. The Morgan fingerprint density at radius 2 is 1.89 bits per heavy atom. The van der Waals surface area contributed by atoms with Gasteiger partial charge >= 0.3 is 0 Å². The molecule has 2 heterocycles. The molecule has 6 nitrogen and oxygen atoms in total. The van der Waals surface area contributed by atoms with Crippen LogP contribution in [0.2, 0.25) is 0 Å². The second-order valence-electron chi connectivity index (χ2n) is 9.87. The number of methoxy groups -OCH3 is 1. The molecule has 0 atom stereocenters. The monoisotopic (exact) mass is 468 g/mol. The van der Waals surface area contributed by atoms with E-state index in [1.807, 2.05) is 23.2 Å². The highest BCUT2D eigenvalue weighted by atomic mass is 16.5. The van der Waals surface area contributed by atoms with Crippen LogP contribution < -0.4 is 0 Å². The molecule has 6 heteroatoms. The van der Waals surface area contributed by atoms with Crippen molar-refractivity contribution in [1.82, 2.24) is 14.9 Å². The van der Waals surface area contributed by atoms with Crippen molar-refractivity contribution in [3.05, 3.63) is 76.1 Å². The first-order valence-electron chi connectivity index (χ1n) is 12.5. The number of H-pyrrole nitrogens is 1. The highest BCUT2D eigenvalue weighted by molar-refractivity contribution is 5.97. The van der Waals surface area contributed by atoms with E-state index in [1.54, 1.807) is 7.11 Å². The third kappa shape index (κ3) is 4.74. The standard InChI is InChI=1S/C29H32N4O2/c1-19-14-26(23-4-3-5-23)27(28-31-17-24(32-28)18-35-2)15-25(19)29(34)33-12-10-22(11-13-33)21-8-6-20(16-30)7-9-21/h6-9,14-15,17,22-23H,3-5,10-13,18H2,1-2H3,(H,31,32). The number of amides is 1. The Balaban J connectivity index is 1.37. The van der Waals surface area contributed by atoms with E-state index in [-0.39, 0.29) is 5.91 Å². The van der Waals surface area contributed by atoms with Gasteiger partial charge in [-0.2, -0.15) is 5.26 Å². The van der Waals surface area contributed by atoms with Crippen LogP contribution >= 0.6 is 0 Å². The number of hydrogen-bond acceptors (Lipinski definition) is 4. The molecule has 180 valence electrons. The molecule has 1 amide bonds. The lowest BCUT2D eigenvalue weighted by Gasteiger charge is -2.33. The van der Waals surface area contributed by atoms with Crippen molar-refractivity contribution in [1.29, 1.82) is 5.26 Å². The normalized spacial score (nSPS) is 16.7. The number of carbonyl (C=O) groups excluding carboxylic acids is 1. The number of aromatic amines is 1. The van der Waals surface area contributed by atoms with Crippen LogP contribution in [-0.4, -0.2) is 41.0 Å². The van der Waals surface area contributed by atoms with E-state index in [1.165, 1.54) is 30.4 Å². The maximum atomic E-state index is 13.6. The molecule has 2 fully saturated rings. The summed E-state index contributed by atoms with van der Waals surface area (Å²) in [5, 5.41) is 9.04. The van der Waals surface area contributed by atoms with Gasteiger partial charge in [-0.1, -0.05) is 24.6 Å². The summed E-state index contributed by atoms with van der Waals surface area (Å²) in [5.41, 5.74) is 7.01. The first-order valence-corrected chi connectivity index (χ1v) is 12.5. The lowest BCUT2D eigenvalue weighted by molar-refractivity contribution is 0.0712. The number of likely N-dealkylation sites (tertiary alicyclic amines) is 1. The Kier molecular flexibility index (Phi) is 6.70. The number of nitrogens with zero attached hydrogens (tertiary/aromatic N) is 3. The molecule has 2 aromatic carbocycles. The van der Waals surface area contributed by atoms with Gasteiger partial charge in [0.05, 0.1) is 30.1 Å². The summed E-state index contributed by atoms with van der Waals surface area (Å²) in [6.07, 6.45) is 7.32. The summed E-state index contributed by atoms with van der Waals surface area (Å²) >= 11 is 0. The minimum absolute atomic E-state index is 0.103. The summed E-state index contributed by atoms with van der Waals surface area (Å²) in [7, 11) is 1.67. The van der Waals surface area contributed by atoms with E-state index in [0.717, 1.165) is 54.1 Å². The minimum atomic E-state index is 0.103. The van der Waals surface area contributed by atoms with E-state index in [0.29, 0.717) is 24.0 Å². The highest BCUT2D eigenvalue weighted by Gasteiger charge is 2.29. The molecule has 0 bridgehead atoms. The molecule has 1 saturated carbocycles. The number of benzene rings is 2. The summed E-state index contributed by atoms with van der Waals surface area (Å²) in [6, 6.07) is 14.3. The molecule has 1 saturated heterocycles. The van der Waals surface area contributed by atoms with Crippen molar-refractivity contribution >= 4 is 5.91 Å². The van der Waals surface area contributed by atoms with Gasteiger partial charge in [0.2, 0.25) is 0 Å².